The maximum absolute atomic E-state index is 11.4. The first kappa shape index (κ1) is 12.8. The maximum atomic E-state index is 11.4. The lowest BCUT2D eigenvalue weighted by atomic mass is 9.92. The van der Waals surface area contributed by atoms with Gasteiger partial charge in [-0.3, -0.25) is 9.69 Å². The van der Waals surface area contributed by atoms with Gasteiger partial charge >= 0.3 is 5.97 Å². The van der Waals surface area contributed by atoms with Gasteiger partial charge in [-0.2, -0.15) is 11.8 Å². The van der Waals surface area contributed by atoms with Crippen molar-refractivity contribution in [3.05, 3.63) is 0 Å². The van der Waals surface area contributed by atoms with Gasteiger partial charge in [0, 0.05) is 11.8 Å². The fraction of sp³-hybridized carbons (Fsp3) is 0.909. The number of nitrogens with zero attached hydrogens (tertiary/aromatic N) is 1. The third-order valence-electron chi connectivity index (χ3n) is 3.65. The lowest BCUT2D eigenvalue weighted by molar-refractivity contribution is -0.150. The van der Waals surface area contributed by atoms with Gasteiger partial charge in [-0.15, -0.1) is 0 Å². The Morgan fingerprint density at radius 1 is 1.47 bits per heavy atom. The number of carboxylic acid groups (broad SMARTS) is 1. The Morgan fingerprint density at radius 3 is 2.40 bits per heavy atom. The van der Waals surface area contributed by atoms with Gasteiger partial charge in [0.1, 0.15) is 5.54 Å². The molecule has 0 radical (unpaired) electrons. The molecular formula is C11H21NO2S. The average Bonchev–Trinajstić information content (AvgIpc) is 2.65. The zero-order valence-electron chi connectivity index (χ0n) is 9.99. The van der Waals surface area contributed by atoms with Crippen LogP contribution in [-0.4, -0.2) is 46.1 Å². The molecule has 0 bridgehead atoms. The monoisotopic (exact) mass is 231 g/mol. The third-order valence-corrected chi connectivity index (χ3v) is 4.82. The Kier molecular flexibility index (Phi) is 4.06. The minimum absolute atomic E-state index is 0.305. The van der Waals surface area contributed by atoms with Gasteiger partial charge < -0.3 is 5.11 Å². The van der Waals surface area contributed by atoms with E-state index >= 15 is 0 Å². The standard InChI is InChI=1S/C11H21NO2S/c1-8(2)9(3)12(4)11(10(13)14)5-6-15-7-11/h8-9H,5-7H2,1-4H3,(H,13,14). The van der Waals surface area contributed by atoms with Crippen molar-refractivity contribution in [2.45, 2.75) is 38.8 Å². The van der Waals surface area contributed by atoms with E-state index in [4.69, 9.17) is 0 Å². The average molecular weight is 231 g/mol. The first-order chi connectivity index (χ1) is 6.92. The molecule has 1 fully saturated rings. The number of likely N-dealkylation sites (N-methyl/N-ethyl adjacent to an activating group) is 1. The van der Waals surface area contributed by atoms with Gasteiger partial charge in [0.15, 0.2) is 0 Å². The summed E-state index contributed by atoms with van der Waals surface area (Å²) in [7, 11) is 1.95. The van der Waals surface area contributed by atoms with E-state index < -0.39 is 11.5 Å². The van der Waals surface area contributed by atoms with E-state index in [1.807, 2.05) is 7.05 Å². The number of carbonyl (C=O) groups is 1. The molecule has 0 saturated carbocycles. The normalized spacial score (nSPS) is 28.7. The molecule has 0 aromatic rings. The van der Waals surface area contributed by atoms with Gasteiger partial charge in [0.25, 0.3) is 0 Å². The molecule has 0 aliphatic carbocycles. The highest BCUT2D eigenvalue weighted by atomic mass is 32.2. The van der Waals surface area contributed by atoms with Gasteiger partial charge in [-0.05, 0) is 32.1 Å². The molecule has 1 heterocycles. The highest BCUT2D eigenvalue weighted by Gasteiger charge is 2.47. The maximum Gasteiger partial charge on any atom is 0.325 e. The minimum atomic E-state index is -0.664. The summed E-state index contributed by atoms with van der Waals surface area (Å²) in [6.07, 6.45) is 0.764. The second kappa shape index (κ2) is 4.74. The number of aliphatic carboxylic acids is 1. The van der Waals surface area contributed by atoms with Crippen LogP contribution in [0.25, 0.3) is 0 Å². The molecule has 88 valence electrons. The molecule has 1 saturated heterocycles. The van der Waals surface area contributed by atoms with Gasteiger partial charge in [-0.25, -0.2) is 0 Å². The number of carboxylic acids is 1. The van der Waals surface area contributed by atoms with E-state index in [1.165, 1.54) is 0 Å². The topological polar surface area (TPSA) is 40.5 Å². The van der Waals surface area contributed by atoms with Crippen molar-refractivity contribution in [1.29, 1.82) is 0 Å². The van der Waals surface area contributed by atoms with Crippen LogP contribution in [0.4, 0.5) is 0 Å². The molecule has 4 heteroatoms. The molecule has 1 N–H and O–H groups in total. The molecule has 0 aromatic heterocycles. The lowest BCUT2D eigenvalue weighted by Gasteiger charge is -2.40. The van der Waals surface area contributed by atoms with Crippen molar-refractivity contribution >= 4 is 17.7 Å². The summed E-state index contributed by atoms with van der Waals surface area (Å²) in [5.41, 5.74) is -0.631. The van der Waals surface area contributed by atoms with Gasteiger partial charge in [0.05, 0.1) is 0 Å². The molecule has 1 aliphatic rings. The van der Waals surface area contributed by atoms with Crippen molar-refractivity contribution in [2.75, 3.05) is 18.6 Å². The summed E-state index contributed by atoms with van der Waals surface area (Å²) in [5, 5.41) is 9.41. The molecule has 2 unspecified atom stereocenters. The predicted octanol–water partition coefficient (Wildman–Crippen LogP) is 1.92. The largest absolute Gasteiger partial charge is 0.480 e. The van der Waals surface area contributed by atoms with Crippen LogP contribution in [0.3, 0.4) is 0 Å². The highest BCUT2D eigenvalue weighted by molar-refractivity contribution is 7.99. The van der Waals surface area contributed by atoms with Crippen molar-refractivity contribution < 1.29 is 9.90 Å². The van der Waals surface area contributed by atoms with Gasteiger partial charge in [0.2, 0.25) is 0 Å². The van der Waals surface area contributed by atoms with Crippen LogP contribution in [0, 0.1) is 5.92 Å². The molecule has 0 amide bonds. The van der Waals surface area contributed by atoms with E-state index in [2.05, 4.69) is 25.7 Å². The second-order valence-corrected chi connectivity index (χ2v) is 5.84. The summed E-state index contributed by atoms with van der Waals surface area (Å²) in [6, 6.07) is 0.305. The fourth-order valence-corrected chi connectivity index (χ4v) is 3.42. The highest BCUT2D eigenvalue weighted by Crippen LogP contribution is 2.35. The SMILES string of the molecule is CC(C)C(C)N(C)C1(C(=O)O)CCSC1. The molecule has 0 aromatic carbocycles. The molecule has 1 rings (SSSR count). The third kappa shape index (κ3) is 2.31. The molecule has 15 heavy (non-hydrogen) atoms. The molecule has 2 atom stereocenters. The van der Waals surface area contributed by atoms with Crippen LogP contribution in [0.1, 0.15) is 27.2 Å². The summed E-state index contributed by atoms with van der Waals surface area (Å²) < 4.78 is 0. The van der Waals surface area contributed by atoms with E-state index in [9.17, 15) is 9.90 Å². The van der Waals surface area contributed by atoms with Crippen LogP contribution in [0.15, 0.2) is 0 Å². The Bertz CT molecular complexity index is 237. The first-order valence-corrected chi connectivity index (χ1v) is 6.61. The van der Waals surface area contributed by atoms with Crippen molar-refractivity contribution in [2.24, 2.45) is 5.92 Å². The van der Waals surface area contributed by atoms with Crippen molar-refractivity contribution in [3.8, 4) is 0 Å². The summed E-state index contributed by atoms with van der Waals surface area (Å²) in [5.74, 6) is 1.50. The van der Waals surface area contributed by atoms with Crippen LogP contribution in [0.5, 0.6) is 0 Å². The molecular weight excluding hydrogens is 210 g/mol. The van der Waals surface area contributed by atoms with Crippen LogP contribution < -0.4 is 0 Å². The second-order valence-electron chi connectivity index (χ2n) is 4.73. The van der Waals surface area contributed by atoms with Crippen molar-refractivity contribution in [3.63, 3.8) is 0 Å². The first-order valence-electron chi connectivity index (χ1n) is 5.46. The molecule has 3 nitrogen and oxygen atoms in total. The number of hydrogen-bond donors (Lipinski definition) is 1. The quantitative estimate of drug-likeness (QED) is 0.802. The fourth-order valence-electron chi connectivity index (χ4n) is 1.99. The van der Waals surface area contributed by atoms with E-state index in [0.717, 1.165) is 17.9 Å². The van der Waals surface area contributed by atoms with Crippen LogP contribution in [-0.2, 0) is 4.79 Å². The molecule has 0 spiro atoms. The van der Waals surface area contributed by atoms with E-state index in [1.54, 1.807) is 11.8 Å². The smallest absolute Gasteiger partial charge is 0.325 e. The lowest BCUT2D eigenvalue weighted by Crippen LogP contribution is -2.57. The Labute approximate surface area is 96.2 Å². The summed E-state index contributed by atoms with van der Waals surface area (Å²) in [6.45, 7) is 6.38. The van der Waals surface area contributed by atoms with Crippen LogP contribution in [0.2, 0.25) is 0 Å². The summed E-state index contributed by atoms with van der Waals surface area (Å²) in [4.78, 5) is 13.5. The summed E-state index contributed by atoms with van der Waals surface area (Å²) >= 11 is 1.74. The van der Waals surface area contributed by atoms with E-state index in [-0.39, 0.29) is 0 Å². The number of hydrogen-bond acceptors (Lipinski definition) is 3. The minimum Gasteiger partial charge on any atom is -0.480 e. The Balaban J connectivity index is 2.85. The van der Waals surface area contributed by atoms with Crippen LogP contribution >= 0.6 is 11.8 Å². The zero-order chi connectivity index (χ0) is 11.6. The number of thioether (sulfide) groups is 1. The Hall–Kier alpha value is -0.220. The zero-order valence-corrected chi connectivity index (χ0v) is 10.8. The van der Waals surface area contributed by atoms with Crippen molar-refractivity contribution in [1.82, 2.24) is 4.90 Å². The molecule has 1 aliphatic heterocycles. The Morgan fingerprint density at radius 2 is 2.07 bits per heavy atom. The number of rotatable bonds is 4. The van der Waals surface area contributed by atoms with E-state index in [0.29, 0.717) is 12.0 Å². The predicted molar refractivity (Wildman–Crippen MR) is 64.4 cm³/mol. The van der Waals surface area contributed by atoms with Gasteiger partial charge in [-0.1, -0.05) is 13.8 Å².